The van der Waals surface area contributed by atoms with Gasteiger partial charge in [0, 0.05) is 38.9 Å². The van der Waals surface area contributed by atoms with E-state index < -0.39 is 0 Å². The van der Waals surface area contributed by atoms with E-state index in [0.717, 1.165) is 37.6 Å². The van der Waals surface area contributed by atoms with Crippen molar-refractivity contribution in [1.82, 2.24) is 10.6 Å². The molecule has 0 unspecified atom stereocenters. The average molecular weight is 490 g/mol. The molecule has 8 heteroatoms. The van der Waals surface area contributed by atoms with E-state index in [-0.39, 0.29) is 34.6 Å². The predicted octanol–water partition coefficient (Wildman–Crippen LogP) is 3.86. The highest BCUT2D eigenvalue weighted by Crippen LogP contribution is 2.40. The molecule has 0 spiro atoms. The van der Waals surface area contributed by atoms with Crippen molar-refractivity contribution in [2.24, 2.45) is 10.4 Å². The van der Waals surface area contributed by atoms with E-state index in [0.29, 0.717) is 12.0 Å². The number of aliphatic imine (C=N–C) groups is 1. The summed E-state index contributed by atoms with van der Waals surface area (Å²) >= 11 is 0. The molecule has 0 radical (unpaired) electrons. The summed E-state index contributed by atoms with van der Waals surface area (Å²) < 4.78 is 5.29. The number of nitro benzene ring substituents is 1. The summed E-state index contributed by atoms with van der Waals surface area (Å²) in [6.07, 6.45) is 6.08. The van der Waals surface area contributed by atoms with Crippen LogP contribution < -0.4 is 10.6 Å². The maximum absolute atomic E-state index is 10.7. The van der Waals surface area contributed by atoms with E-state index in [2.05, 4.69) is 15.6 Å². The van der Waals surface area contributed by atoms with Gasteiger partial charge in [-0.15, -0.1) is 24.0 Å². The molecule has 1 aromatic rings. The monoisotopic (exact) mass is 490 g/mol. The summed E-state index contributed by atoms with van der Waals surface area (Å²) in [6.45, 7) is 5.00. The Hall–Kier alpha value is -1.42. The van der Waals surface area contributed by atoms with E-state index >= 15 is 0 Å². The second-order valence-electron chi connectivity index (χ2n) is 6.92. The normalized spacial score (nSPS) is 15.9. The Morgan fingerprint density at radius 3 is 2.48 bits per heavy atom. The van der Waals surface area contributed by atoms with Crippen LogP contribution in [-0.4, -0.2) is 37.7 Å². The quantitative estimate of drug-likeness (QED) is 0.181. The van der Waals surface area contributed by atoms with Gasteiger partial charge in [-0.1, -0.05) is 25.0 Å². The predicted molar refractivity (Wildman–Crippen MR) is 119 cm³/mol. The summed E-state index contributed by atoms with van der Waals surface area (Å²) in [5, 5.41) is 17.5. The van der Waals surface area contributed by atoms with Gasteiger partial charge >= 0.3 is 0 Å². The van der Waals surface area contributed by atoms with Crippen LogP contribution in [0.2, 0.25) is 0 Å². The molecule has 1 fully saturated rings. The van der Waals surface area contributed by atoms with Crippen LogP contribution in [0.15, 0.2) is 29.3 Å². The third-order valence-electron chi connectivity index (χ3n) is 5.04. The maximum atomic E-state index is 10.7. The van der Waals surface area contributed by atoms with Crippen molar-refractivity contribution in [1.29, 1.82) is 0 Å². The highest BCUT2D eigenvalue weighted by molar-refractivity contribution is 14.0. The summed E-state index contributed by atoms with van der Waals surface area (Å²) in [6, 6.07) is 6.54. The van der Waals surface area contributed by atoms with Gasteiger partial charge in [0.2, 0.25) is 0 Å². The largest absolute Gasteiger partial charge is 0.385 e. The number of non-ortho nitro benzene ring substituents is 1. The topological polar surface area (TPSA) is 88.8 Å². The molecule has 0 amide bonds. The molecule has 0 saturated heterocycles. The van der Waals surface area contributed by atoms with Crippen molar-refractivity contribution < 1.29 is 9.66 Å². The lowest BCUT2D eigenvalue weighted by molar-refractivity contribution is -0.384. The fourth-order valence-electron chi connectivity index (χ4n) is 3.47. The van der Waals surface area contributed by atoms with Crippen LogP contribution in [-0.2, 0) is 11.3 Å². The molecule has 2 N–H and O–H groups in total. The van der Waals surface area contributed by atoms with Crippen LogP contribution in [0, 0.1) is 15.5 Å². The van der Waals surface area contributed by atoms with Crippen LogP contribution >= 0.6 is 24.0 Å². The molecule has 1 aliphatic rings. The molecule has 0 aromatic heterocycles. The number of hydrogen-bond acceptors (Lipinski definition) is 4. The summed E-state index contributed by atoms with van der Waals surface area (Å²) in [5.41, 5.74) is 1.34. The zero-order valence-electron chi connectivity index (χ0n) is 16.2. The number of nitrogens with zero attached hydrogens (tertiary/aromatic N) is 2. The molecule has 7 nitrogen and oxygen atoms in total. The molecular weight excluding hydrogens is 459 g/mol. The summed E-state index contributed by atoms with van der Waals surface area (Å²) in [4.78, 5) is 15.0. The lowest BCUT2D eigenvalue weighted by Crippen LogP contribution is -2.43. The van der Waals surface area contributed by atoms with Crippen molar-refractivity contribution in [2.75, 3.05) is 26.8 Å². The Bertz CT molecular complexity index is 601. The first kappa shape index (κ1) is 23.6. The highest BCUT2D eigenvalue weighted by atomic mass is 127. The van der Waals surface area contributed by atoms with E-state index in [4.69, 9.17) is 4.74 Å². The Morgan fingerprint density at radius 2 is 1.93 bits per heavy atom. The van der Waals surface area contributed by atoms with Crippen molar-refractivity contribution in [3.05, 3.63) is 39.9 Å². The van der Waals surface area contributed by atoms with Crippen molar-refractivity contribution in [3.63, 3.8) is 0 Å². The second kappa shape index (κ2) is 12.1. The number of hydrogen-bond donors (Lipinski definition) is 2. The van der Waals surface area contributed by atoms with E-state index in [9.17, 15) is 10.1 Å². The Balaban J connectivity index is 0.00000364. The zero-order chi connectivity index (χ0) is 18.8. The fourth-order valence-corrected chi connectivity index (χ4v) is 3.47. The molecule has 0 heterocycles. The Kier molecular flexibility index (Phi) is 10.6. The molecular formula is C19H31IN4O3. The molecule has 1 aromatic carbocycles. The van der Waals surface area contributed by atoms with Gasteiger partial charge in [0.1, 0.15) is 0 Å². The fraction of sp³-hybridized carbons (Fsp3) is 0.632. The SMILES string of the molecule is CCNC(=NCc1ccc([N+](=O)[O-])cc1)NCC1(CCOC)CCCC1.I. The van der Waals surface area contributed by atoms with Crippen LogP contribution in [0.3, 0.4) is 0 Å². The van der Waals surface area contributed by atoms with Gasteiger partial charge < -0.3 is 15.4 Å². The van der Waals surface area contributed by atoms with Gasteiger partial charge in [-0.2, -0.15) is 0 Å². The Morgan fingerprint density at radius 1 is 1.26 bits per heavy atom. The van der Waals surface area contributed by atoms with Crippen molar-refractivity contribution in [2.45, 2.75) is 45.6 Å². The van der Waals surface area contributed by atoms with Crippen LogP contribution in [0.25, 0.3) is 0 Å². The minimum absolute atomic E-state index is 0. The first-order valence-corrected chi connectivity index (χ1v) is 9.33. The van der Waals surface area contributed by atoms with Gasteiger partial charge in [-0.3, -0.25) is 10.1 Å². The number of benzene rings is 1. The van der Waals surface area contributed by atoms with Gasteiger partial charge in [0.15, 0.2) is 5.96 Å². The number of nitro groups is 1. The third kappa shape index (κ3) is 7.61. The third-order valence-corrected chi connectivity index (χ3v) is 5.04. The molecule has 2 rings (SSSR count). The molecule has 27 heavy (non-hydrogen) atoms. The van der Waals surface area contributed by atoms with Gasteiger partial charge in [0.25, 0.3) is 5.69 Å². The van der Waals surface area contributed by atoms with Gasteiger partial charge in [-0.25, -0.2) is 4.99 Å². The smallest absolute Gasteiger partial charge is 0.269 e. The lowest BCUT2D eigenvalue weighted by Gasteiger charge is -2.30. The van der Waals surface area contributed by atoms with Crippen molar-refractivity contribution >= 4 is 35.6 Å². The number of methoxy groups -OCH3 is 1. The zero-order valence-corrected chi connectivity index (χ0v) is 18.5. The molecule has 152 valence electrons. The van der Waals surface area contributed by atoms with Gasteiger partial charge in [-0.05, 0) is 37.2 Å². The maximum Gasteiger partial charge on any atom is 0.269 e. The van der Waals surface area contributed by atoms with Crippen LogP contribution in [0.4, 0.5) is 5.69 Å². The van der Waals surface area contributed by atoms with Gasteiger partial charge in [0.05, 0.1) is 11.5 Å². The first-order chi connectivity index (χ1) is 12.6. The first-order valence-electron chi connectivity index (χ1n) is 9.33. The second-order valence-corrected chi connectivity index (χ2v) is 6.92. The minimum Gasteiger partial charge on any atom is -0.385 e. The van der Waals surface area contributed by atoms with E-state index in [1.807, 2.05) is 6.92 Å². The van der Waals surface area contributed by atoms with Crippen LogP contribution in [0.1, 0.15) is 44.6 Å². The summed E-state index contributed by atoms with van der Waals surface area (Å²) in [7, 11) is 1.76. The van der Waals surface area contributed by atoms with Crippen LogP contribution in [0.5, 0.6) is 0 Å². The summed E-state index contributed by atoms with van der Waals surface area (Å²) in [5.74, 6) is 0.787. The molecule has 1 aliphatic carbocycles. The standard InChI is InChI=1S/C19H30N4O3.HI/c1-3-20-18(21-14-16-6-8-17(9-7-16)23(24)25)22-15-19(12-13-26-2)10-4-5-11-19;/h6-9H,3-5,10-15H2,1-2H3,(H2,20,21,22);1H. The number of ether oxygens (including phenoxy) is 1. The number of halogens is 1. The minimum atomic E-state index is -0.389. The van der Waals surface area contributed by atoms with E-state index in [1.54, 1.807) is 19.2 Å². The Labute approximate surface area is 178 Å². The molecule has 1 saturated carbocycles. The highest BCUT2D eigenvalue weighted by Gasteiger charge is 2.33. The molecule has 0 aliphatic heterocycles. The van der Waals surface area contributed by atoms with E-state index in [1.165, 1.54) is 37.8 Å². The average Bonchev–Trinajstić information content (AvgIpc) is 3.12. The number of guanidine groups is 1. The van der Waals surface area contributed by atoms with Crippen molar-refractivity contribution in [3.8, 4) is 0 Å². The molecule has 0 atom stereocenters. The lowest BCUT2D eigenvalue weighted by atomic mass is 9.83. The number of nitrogens with one attached hydrogen (secondary N) is 2. The molecule has 0 bridgehead atoms. The number of rotatable bonds is 9.